The van der Waals surface area contributed by atoms with Crippen LogP contribution in [0.1, 0.15) is 27.7 Å². The van der Waals surface area contributed by atoms with Gasteiger partial charge in [-0.15, -0.1) is 0 Å². The predicted molar refractivity (Wildman–Crippen MR) is 90.5 cm³/mol. The second-order valence-electron chi connectivity index (χ2n) is 5.93. The molecule has 1 amide bonds. The average Bonchev–Trinajstić information content (AvgIpc) is 2.40. The summed E-state index contributed by atoms with van der Waals surface area (Å²) in [4.78, 5) is 15.2. The van der Waals surface area contributed by atoms with Gasteiger partial charge in [-0.1, -0.05) is 6.07 Å². The van der Waals surface area contributed by atoms with Gasteiger partial charge in [0, 0.05) is 31.3 Å². The third kappa shape index (κ3) is 7.52. The molecule has 0 aliphatic heterocycles. The summed E-state index contributed by atoms with van der Waals surface area (Å²) in [5.74, 6) is 1.35. The maximum absolute atomic E-state index is 11.0. The molecule has 0 bridgehead atoms. The van der Waals surface area contributed by atoms with Crippen LogP contribution in [0.5, 0.6) is 5.75 Å². The normalized spacial score (nSPS) is 11.8. The lowest BCUT2D eigenvalue weighted by Crippen LogP contribution is -2.48. The first kappa shape index (κ1) is 17.8. The summed E-state index contributed by atoms with van der Waals surface area (Å²) >= 11 is 0. The first-order valence-corrected chi connectivity index (χ1v) is 7.29. The monoisotopic (exact) mass is 306 g/mol. The van der Waals surface area contributed by atoms with Gasteiger partial charge in [-0.2, -0.15) is 0 Å². The van der Waals surface area contributed by atoms with Crippen LogP contribution in [-0.4, -0.2) is 37.6 Å². The molecule has 0 aliphatic carbocycles. The van der Waals surface area contributed by atoms with Crippen LogP contribution in [0.2, 0.25) is 0 Å². The van der Waals surface area contributed by atoms with Crippen molar-refractivity contribution in [2.75, 3.05) is 25.5 Å². The third-order valence-electron chi connectivity index (χ3n) is 2.53. The van der Waals surface area contributed by atoms with Crippen LogP contribution in [0.4, 0.5) is 5.69 Å². The Morgan fingerprint density at radius 1 is 1.32 bits per heavy atom. The van der Waals surface area contributed by atoms with E-state index < -0.39 is 0 Å². The van der Waals surface area contributed by atoms with Crippen molar-refractivity contribution in [2.24, 2.45) is 4.99 Å². The molecule has 1 rings (SSSR count). The number of hydrogen-bond donors (Lipinski definition) is 3. The lowest BCUT2D eigenvalue weighted by Gasteiger charge is -2.23. The standard InChI is InChI=1S/C16H26N4O2/c1-12(21)19-13-7-6-8-14(11-13)22-10-9-18-15(17-5)20-16(2,3)4/h6-8,11H,9-10H2,1-5H3,(H,19,21)(H2,17,18,20). The number of anilines is 1. The van der Waals surface area contributed by atoms with E-state index in [1.807, 2.05) is 18.2 Å². The molecule has 0 heterocycles. The summed E-state index contributed by atoms with van der Waals surface area (Å²) in [5.41, 5.74) is 0.679. The molecular weight excluding hydrogens is 280 g/mol. The number of benzene rings is 1. The van der Waals surface area contributed by atoms with Crippen molar-refractivity contribution in [3.63, 3.8) is 0 Å². The van der Waals surface area contributed by atoms with E-state index in [1.165, 1.54) is 6.92 Å². The van der Waals surface area contributed by atoms with Crippen molar-refractivity contribution in [1.29, 1.82) is 0 Å². The number of ether oxygens (including phenoxy) is 1. The van der Waals surface area contributed by atoms with E-state index >= 15 is 0 Å². The molecule has 22 heavy (non-hydrogen) atoms. The maximum Gasteiger partial charge on any atom is 0.221 e. The minimum Gasteiger partial charge on any atom is -0.492 e. The zero-order chi connectivity index (χ0) is 16.6. The minimum absolute atomic E-state index is 0.0462. The fourth-order valence-electron chi connectivity index (χ4n) is 1.74. The van der Waals surface area contributed by atoms with E-state index in [1.54, 1.807) is 13.1 Å². The Morgan fingerprint density at radius 3 is 2.64 bits per heavy atom. The van der Waals surface area contributed by atoms with Gasteiger partial charge < -0.3 is 20.7 Å². The number of nitrogens with one attached hydrogen (secondary N) is 3. The molecule has 0 saturated heterocycles. The highest BCUT2D eigenvalue weighted by Crippen LogP contribution is 2.16. The maximum atomic E-state index is 11.0. The Bertz CT molecular complexity index is 521. The first-order chi connectivity index (χ1) is 10.3. The van der Waals surface area contributed by atoms with Crippen molar-refractivity contribution in [1.82, 2.24) is 10.6 Å². The molecule has 122 valence electrons. The fourth-order valence-corrected chi connectivity index (χ4v) is 1.74. The molecule has 0 radical (unpaired) electrons. The number of rotatable bonds is 5. The molecule has 1 aromatic carbocycles. The van der Waals surface area contributed by atoms with Crippen molar-refractivity contribution in [2.45, 2.75) is 33.2 Å². The number of hydrogen-bond acceptors (Lipinski definition) is 3. The zero-order valence-corrected chi connectivity index (χ0v) is 14.0. The van der Waals surface area contributed by atoms with Crippen LogP contribution in [0.15, 0.2) is 29.3 Å². The Balaban J connectivity index is 2.39. The molecule has 1 aromatic rings. The van der Waals surface area contributed by atoms with E-state index in [0.717, 1.165) is 11.6 Å². The van der Waals surface area contributed by atoms with Gasteiger partial charge in [0.1, 0.15) is 12.4 Å². The molecule has 0 aliphatic rings. The molecule has 0 fully saturated rings. The van der Waals surface area contributed by atoms with Gasteiger partial charge in [0.05, 0.1) is 6.54 Å². The fraction of sp³-hybridized carbons (Fsp3) is 0.500. The van der Waals surface area contributed by atoms with Crippen LogP contribution >= 0.6 is 0 Å². The highest BCUT2D eigenvalue weighted by Gasteiger charge is 2.11. The van der Waals surface area contributed by atoms with E-state index in [2.05, 4.69) is 41.7 Å². The van der Waals surface area contributed by atoms with Gasteiger partial charge in [-0.3, -0.25) is 9.79 Å². The van der Waals surface area contributed by atoms with Crippen LogP contribution in [0.3, 0.4) is 0 Å². The summed E-state index contributed by atoms with van der Waals surface area (Å²) in [6.45, 7) is 8.82. The van der Waals surface area contributed by atoms with Gasteiger partial charge in [0.2, 0.25) is 5.91 Å². The molecule has 3 N–H and O–H groups in total. The summed E-state index contributed by atoms with van der Waals surface area (Å²) in [6, 6.07) is 7.31. The lowest BCUT2D eigenvalue weighted by molar-refractivity contribution is -0.114. The summed E-state index contributed by atoms with van der Waals surface area (Å²) in [7, 11) is 1.73. The van der Waals surface area contributed by atoms with E-state index in [0.29, 0.717) is 18.9 Å². The van der Waals surface area contributed by atoms with Crippen LogP contribution in [0, 0.1) is 0 Å². The number of nitrogens with zero attached hydrogens (tertiary/aromatic N) is 1. The Labute approximate surface area is 132 Å². The van der Waals surface area contributed by atoms with Crippen molar-refractivity contribution in [3.05, 3.63) is 24.3 Å². The summed E-state index contributed by atoms with van der Waals surface area (Å²) in [6.07, 6.45) is 0. The van der Waals surface area contributed by atoms with Gasteiger partial charge in [0.15, 0.2) is 5.96 Å². The van der Waals surface area contributed by atoms with Gasteiger partial charge in [-0.05, 0) is 32.9 Å². The van der Waals surface area contributed by atoms with Crippen LogP contribution in [-0.2, 0) is 4.79 Å². The molecule has 0 spiro atoms. The molecule has 0 atom stereocenters. The lowest BCUT2D eigenvalue weighted by atomic mass is 10.1. The number of aliphatic imine (C=N–C) groups is 1. The number of carbonyl (C=O) groups is 1. The van der Waals surface area contributed by atoms with Gasteiger partial charge >= 0.3 is 0 Å². The quantitative estimate of drug-likeness (QED) is 0.442. The first-order valence-electron chi connectivity index (χ1n) is 7.29. The minimum atomic E-state index is -0.101. The Kier molecular flexibility index (Phi) is 6.69. The second kappa shape index (κ2) is 8.26. The average molecular weight is 306 g/mol. The largest absolute Gasteiger partial charge is 0.492 e. The van der Waals surface area contributed by atoms with E-state index in [-0.39, 0.29) is 11.4 Å². The number of guanidine groups is 1. The van der Waals surface area contributed by atoms with Gasteiger partial charge in [0.25, 0.3) is 0 Å². The molecule has 6 nitrogen and oxygen atoms in total. The van der Waals surface area contributed by atoms with Crippen LogP contribution in [0.25, 0.3) is 0 Å². The van der Waals surface area contributed by atoms with Crippen molar-refractivity contribution >= 4 is 17.6 Å². The molecule has 6 heteroatoms. The number of amides is 1. The van der Waals surface area contributed by atoms with E-state index in [9.17, 15) is 4.79 Å². The summed E-state index contributed by atoms with van der Waals surface area (Å²) < 4.78 is 5.66. The third-order valence-corrected chi connectivity index (χ3v) is 2.53. The smallest absolute Gasteiger partial charge is 0.221 e. The molecule has 0 saturated carbocycles. The SMILES string of the molecule is CN=C(NCCOc1cccc(NC(C)=O)c1)NC(C)(C)C. The predicted octanol–water partition coefficient (Wildman–Crippen LogP) is 1.99. The second-order valence-corrected chi connectivity index (χ2v) is 5.93. The number of carbonyl (C=O) groups excluding carboxylic acids is 1. The van der Waals surface area contributed by atoms with Gasteiger partial charge in [-0.25, -0.2) is 0 Å². The topological polar surface area (TPSA) is 74.8 Å². The zero-order valence-electron chi connectivity index (χ0n) is 14.0. The summed E-state index contributed by atoms with van der Waals surface area (Å²) in [5, 5.41) is 9.18. The highest BCUT2D eigenvalue weighted by atomic mass is 16.5. The molecular formula is C16H26N4O2. The highest BCUT2D eigenvalue weighted by molar-refractivity contribution is 5.88. The van der Waals surface area contributed by atoms with E-state index in [4.69, 9.17) is 4.74 Å². The Hall–Kier alpha value is -2.24. The Morgan fingerprint density at radius 2 is 2.05 bits per heavy atom. The van der Waals surface area contributed by atoms with Crippen molar-refractivity contribution in [3.8, 4) is 5.75 Å². The van der Waals surface area contributed by atoms with Crippen molar-refractivity contribution < 1.29 is 9.53 Å². The molecule has 0 unspecified atom stereocenters. The molecule has 0 aromatic heterocycles. The van der Waals surface area contributed by atoms with Crippen LogP contribution < -0.4 is 20.7 Å².